The molecule has 0 aromatic heterocycles. The van der Waals surface area contributed by atoms with Crippen LogP contribution < -0.4 is 0 Å². The van der Waals surface area contributed by atoms with Crippen LogP contribution in [0.2, 0.25) is 0 Å². The number of rotatable bonds is 2. The molecule has 0 saturated carbocycles. The van der Waals surface area contributed by atoms with Gasteiger partial charge in [-0.15, -0.1) is 0 Å². The first-order valence-electron chi connectivity index (χ1n) is 4.19. The molecule has 0 N–H and O–H groups in total. The molecule has 11 heavy (non-hydrogen) atoms. The summed E-state index contributed by atoms with van der Waals surface area (Å²) < 4.78 is 0. The summed E-state index contributed by atoms with van der Waals surface area (Å²) in [6.45, 7) is 3.29. The van der Waals surface area contributed by atoms with Gasteiger partial charge in [-0.3, -0.25) is 0 Å². The topological polar surface area (TPSA) is 3.24 Å². The quantitative estimate of drug-likeness (QED) is 0.585. The summed E-state index contributed by atoms with van der Waals surface area (Å²) >= 11 is 0. The molecular weight excluding hydrogens is 134 g/mol. The lowest BCUT2D eigenvalue weighted by Gasteiger charge is -2.14. The first kappa shape index (κ1) is 8.54. The highest BCUT2D eigenvalue weighted by molar-refractivity contribution is 5.27. The van der Waals surface area contributed by atoms with E-state index in [4.69, 9.17) is 0 Å². The van der Waals surface area contributed by atoms with Crippen LogP contribution in [0, 0.1) is 0 Å². The average Bonchev–Trinajstić information content (AvgIpc) is 1.85. The van der Waals surface area contributed by atoms with Crippen molar-refractivity contribution in [2.75, 3.05) is 20.6 Å². The van der Waals surface area contributed by atoms with Gasteiger partial charge < -0.3 is 4.90 Å². The highest BCUT2D eigenvalue weighted by Crippen LogP contribution is 2.16. The van der Waals surface area contributed by atoms with Crippen molar-refractivity contribution in [1.82, 2.24) is 4.90 Å². The van der Waals surface area contributed by atoms with E-state index in [-0.39, 0.29) is 0 Å². The second-order valence-corrected chi connectivity index (χ2v) is 3.55. The third-order valence-electron chi connectivity index (χ3n) is 1.88. The number of hydrogen-bond donors (Lipinski definition) is 0. The van der Waals surface area contributed by atoms with Crippen LogP contribution in [0.1, 0.15) is 19.8 Å². The maximum Gasteiger partial charge on any atom is 0.0224 e. The van der Waals surface area contributed by atoms with Gasteiger partial charge >= 0.3 is 0 Å². The molecule has 1 aliphatic carbocycles. The molecular formula is C10H17N. The second-order valence-electron chi connectivity index (χ2n) is 3.55. The smallest absolute Gasteiger partial charge is 0.0224 e. The Morgan fingerprint density at radius 1 is 1.45 bits per heavy atom. The van der Waals surface area contributed by atoms with Crippen molar-refractivity contribution < 1.29 is 0 Å². The fraction of sp³-hybridized carbons (Fsp3) is 0.600. The Morgan fingerprint density at radius 3 is 2.73 bits per heavy atom. The van der Waals surface area contributed by atoms with E-state index in [2.05, 4.69) is 38.1 Å². The lowest BCUT2D eigenvalue weighted by atomic mass is 10.0. The fourth-order valence-corrected chi connectivity index (χ4v) is 1.41. The van der Waals surface area contributed by atoms with Gasteiger partial charge in [0.15, 0.2) is 0 Å². The van der Waals surface area contributed by atoms with Crippen LogP contribution in [0.15, 0.2) is 23.3 Å². The minimum Gasteiger partial charge on any atom is -0.305 e. The van der Waals surface area contributed by atoms with Gasteiger partial charge in [-0.1, -0.05) is 17.7 Å². The third kappa shape index (κ3) is 2.89. The van der Waals surface area contributed by atoms with E-state index >= 15 is 0 Å². The fourth-order valence-electron chi connectivity index (χ4n) is 1.41. The minimum atomic E-state index is 1.08. The molecule has 1 nitrogen and oxygen atoms in total. The Kier molecular flexibility index (Phi) is 2.89. The molecule has 0 amide bonds. The molecule has 62 valence electrons. The van der Waals surface area contributed by atoms with E-state index in [1.54, 1.807) is 0 Å². The van der Waals surface area contributed by atoms with E-state index in [1.807, 2.05) is 0 Å². The maximum atomic E-state index is 2.34. The zero-order valence-electron chi connectivity index (χ0n) is 7.72. The van der Waals surface area contributed by atoms with E-state index in [1.165, 1.54) is 24.0 Å². The third-order valence-corrected chi connectivity index (χ3v) is 1.88. The van der Waals surface area contributed by atoms with Crippen molar-refractivity contribution >= 4 is 0 Å². The Hall–Kier alpha value is -0.560. The highest BCUT2D eigenvalue weighted by Gasteiger charge is 2.01. The van der Waals surface area contributed by atoms with Crippen LogP contribution >= 0.6 is 0 Å². The molecule has 0 aromatic carbocycles. The van der Waals surface area contributed by atoms with Gasteiger partial charge in [-0.2, -0.15) is 0 Å². The van der Waals surface area contributed by atoms with E-state index in [0.717, 1.165) is 6.54 Å². The van der Waals surface area contributed by atoms with Gasteiger partial charge in [0.05, 0.1) is 0 Å². The summed E-state index contributed by atoms with van der Waals surface area (Å²) in [5.74, 6) is 0. The average molecular weight is 151 g/mol. The molecule has 0 aromatic rings. The standard InChI is InChI=1S/C10H17N/c1-9-5-4-6-10(7-9)8-11(2)3/h6-7H,4-5,8H2,1-3H3. The van der Waals surface area contributed by atoms with Crippen LogP contribution in [0.25, 0.3) is 0 Å². The Labute approximate surface area is 69.4 Å². The van der Waals surface area contributed by atoms with E-state index in [9.17, 15) is 0 Å². The molecule has 0 saturated heterocycles. The number of hydrogen-bond acceptors (Lipinski definition) is 1. The molecule has 0 bridgehead atoms. The van der Waals surface area contributed by atoms with Crippen LogP contribution in [-0.4, -0.2) is 25.5 Å². The second kappa shape index (κ2) is 3.72. The van der Waals surface area contributed by atoms with Crippen molar-refractivity contribution in [2.45, 2.75) is 19.8 Å². The summed E-state index contributed by atoms with van der Waals surface area (Å²) in [6.07, 6.45) is 7.12. The lowest BCUT2D eigenvalue weighted by Crippen LogP contribution is -2.15. The van der Waals surface area contributed by atoms with Crippen molar-refractivity contribution in [2.24, 2.45) is 0 Å². The van der Waals surface area contributed by atoms with Gasteiger partial charge in [0.25, 0.3) is 0 Å². The summed E-state index contributed by atoms with van der Waals surface area (Å²) in [5, 5.41) is 0. The van der Waals surface area contributed by atoms with Crippen LogP contribution in [-0.2, 0) is 0 Å². The number of nitrogens with zero attached hydrogens (tertiary/aromatic N) is 1. The van der Waals surface area contributed by atoms with Gasteiger partial charge in [0.1, 0.15) is 0 Å². The predicted molar refractivity (Wildman–Crippen MR) is 49.6 cm³/mol. The Bertz CT molecular complexity index is 187. The Balaban J connectivity index is 2.52. The highest BCUT2D eigenvalue weighted by atomic mass is 15.0. The van der Waals surface area contributed by atoms with Crippen LogP contribution in [0.4, 0.5) is 0 Å². The van der Waals surface area contributed by atoms with Gasteiger partial charge in [-0.25, -0.2) is 0 Å². The SMILES string of the molecule is CC1=CC(CN(C)C)=CCC1. The summed E-state index contributed by atoms with van der Waals surface area (Å²) in [6, 6.07) is 0. The molecule has 1 aliphatic rings. The molecule has 0 spiro atoms. The summed E-state index contributed by atoms with van der Waals surface area (Å²) in [7, 11) is 4.22. The molecule has 0 aliphatic heterocycles. The van der Waals surface area contributed by atoms with E-state index < -0.39 is 0 Å². The molecule has 0 atom stereocenters. The first-order valence-corrected chi connectivity index (χ1v) is 4.19. The number of allylic oxidation sites excluding steroid dienone is 2. The molecule has 0 heterocycles. The van der Waals surface area contributed by atoms with Crippen LogP contribution in [0.3, 0.4) is 0 Å². The molecule has 0 unspecified atom stereocenters. The summed E-state index contributed by atoms with van der Waals surface area (Å²) in [4.78, 5) is 2.21. The van der Waals surface area contributed by atoms with Crippen LogP contribution in [0.5, 0.6) is 0 Å². The van der Waals surface area contributed by atoms with Crippen molar-refractivity contribution in [1.29, 1.82) is 0 Å². The van der Waals surface area contributed by atoms with Crippen molar-refractivity contribution in [3.63, 3.8) is 0 Å². The summed E-state index contributed by atoms with van der Waals surface area (Å²) in [5.41, 5.74) is 2.99. The molecule has 1 heteroatoms. The zero-order valence-corrected chi connectivity index (χ0v) is 7.72. The lowest BCUT2D eigenvalue weighted by molar-refractivity contribution is 0.447. The van der Waals surface area contributed by atoms with Crippen molar-refractivity contribution in [3.05, 3.63) is 23.3 Å². The zero-order chi connectivity index (χ0) is 8.27. The molecule has 0 fully saturated rings. The van der Waals surface area contributed by atoms with E-state index in [0.29, 0.717) is 0 Å². The van der Waals surface area contributed by atoms with Crippen molar-refractivity contribution in [3.8, 4) is 0 Å². The van der Waals surface area contributed by atoms with Gasteiger partial charge in [0, 0.05) is 6.54 Å². The molecule has 0 radical (unpaired) electrons. The first-order chi connectivity index (χ1) is 5.18. The number of likely N-dealkylation sites (N-methyl/N-ethyl adjacent to an activating group) is 1. The monoisotopic (exact) mass is 151 g/mol. The largest absolute Gasteiger partial charge is 0.305 e. The van der Waals surface area contributed by atoms with Gasteiger partial charge in [0.2, 0.25) is 0 Å². The maximum absolute atomic E-state index is 2.34. The normalized spacial score (nSPS) is 18.2. The predicted octanol–water partition coefficient (Wildman–Crippen LogP) is 2.21. The Morgan fingerprint density at radius 2 is 2.18 bits per heavy atom. The molecule has 1 rings (SSSR count). The van der Waals surface area contributed by atoms with Gasteiger partial charge in [-0.05, 0) is 39.4 Å². The minimum absolute atomic E-state index is 1.08.